The third kappa shape index (κ3) is 3.15. The molecule has 1 aromatic heterocycles. The molecule has 118 valence electrons. The number of carbonyl (C=O) groups is 1. The Morgan fingerprint density at radius 1 is 1.13 bits per heavy atom. The molecule has 0 radical (unpaired) electrons. The van der Waals surface area contributed by atoms with E-state index in [-0.39, 0.29) is 11.5 Å². The van der Waals surface area contributed by atoms with Crippen LogP contribution in [0, 0.1) is 5.82 Å². The van der Waals surface area contributed by atoms with Gasteiger partial charge in [0.05, 0.1) is 16.6 Å². The molecule has 0 aliphatic carbocycles. The molecule has 3 aromatic rings. The van der Waals surface area contributed by atoms with Gasteiger partial charge in [-0.1, -0.05) is 6.07 Å². The number of alkyl halides is 3. The highest BCUT2D eigenvalue weighted by Crippen LogP contribution is 2.29. The second-order valence-corrected chi connectivity index (χ2v) is 4.78. The maximum Gasteiger partial charge on any atom is 0.416 e. The number of aromatic nitrogens is 2. The van der Waals surface area contributed by atoms with E-state index in [2.05, 4.69) is 15.3 Å². The van der Waals surface area contributed by atoms with Crippen LogP contribution in [0.4, 0.5) is 23.5 Å². The Labute approximate surface area is 127 Å². The minimum absolute atomic E-state index is 0.0213. The van der Waals surface area contributed by atoms with Crippen molar-refractivity contribution >= 4 is 22.9 Å². The zero-order valence-corrected chi connectivity index (χ0v) is 11.4. The number of hydrogen-bond donors (Lipinski definition) is 2. The topological polar surface area (TPSA) is 57.8 Å². The minimum Gasteiger partial charge on any atom is -0.324 e. The number of amides is 1. The summed E-state index contributed by atoms with van der Waals surface area (Å²) < 4.78 is 51.0. The summed E-state index contributed by atoms with van der Waals surface area (Å²) >= 11 is 0. The van der Waals surface area contributed by atoms with Crippen molar-refractivity contribution in [1.82, 2.24) is 9.97 Å². The molecule has 4 nitrogen and oxygen atoms in total. The summed E-state index contributed by atoms with van der Waals surface area (Å²) in [6, 6.07) is 7.85. The molecule has 23 heavy (non-hydrogen) atoms. The van der Waals surface area contributed by atoms with Gasteiger partial charge in [-0.15, -0.1) is 0 Å². The van der Waals surface area contributed by atoms with Crippen LogP contribution in [0.3, 0.4) is 0 Å². The van der Waals surface area contributed by atoms with Gasteiger partial charge in [-0.3, -0.25) is 10.1 Å². The summed E-state index contributed by atoms with van der Waals surface area (Å²) in [5, 5.41) is 2.35. The number of fused-ring (bicyclic) bond motifs is 1. The normalized spacial score (nSPS) is 11.7. The number of anilines is 1. The molecule has 0 saturated carbocycles. The number of rotatable bonds is 2. The number of imidazole rings is 1. The fraction of sp³-hybridized carbons (Fsp3) is 0.0667. The molecule has 0 aliphatic rings. The summed E-state index contributed by atoms with van der Waals surface area (Å²) in [5.41, 5.74) is -0.293. The van der Waals surface area contributed by atoms with Crippen LogP contribution in [0.1, 0.15) is 15.9 Å². The molecular formula is C15H9F4N3O. The number of carbonyl (C=O) groups excluding carboxylic acids is 1. The summed E-state index contributed by atoms with van der Waals surface area (Å²) in [4.78, 5) is 18.7. The van der Waals surface area contributed by atoms with Crippen LogP contribution in [0.2, 0.25) is 0 Å². The molecule has 1 heterocycles. The molecule has 3 rings (SSSR count). The molecule has 0 saturated heterocycles. The predicted molar refractivity (Wildman–Crippen MR) is 75.4 cm³/mol. The number of halogens is 4. The van der Waals surface area contributed by atoms with Gasteiger partial charge < -0.3 is 4.98 Å². The molecule has 0 atom stereocenters. The summed E-state index contributed by atoms with van der Waals surface area (Å²) in [6.07, 6.45) is -4.53. The lowest BCUT2D eigenvalue weighted by Gasteiger charge is -2.08. The second-order valence-electron chi connectivity index (χ2n) is 4.78. The number of nitrogens with zero attached hydrogens (tertiary/aromatic N) is 1. The Bertz CT molecular complexity index is 886. The first-order valence-corrected chi connectivity index (χ1v) is 6.47. The average molecular weight is 323 g/mol. The van der Waals surface area contributed by atoms with E-state index >= 15 is 0 Å². The standard InChI is InChI=1S/C15H9F4N3O/c16-10-4-5-11-12(7-10)21-14(20-11)22-13(23)8-2-1-3-9(6-8)15(17,18)19/h1-7H,(H2,20,21,22,23). The van der Waals surface area contributed by atoms with Gasteiger partial charge in [-0.2, -0.15) is 13.2 Å². The van der Waals surface area contributed by atoms with Gasteiger partial charge in [0.15, 0.2) is 0 Å². The number of benzene rings is 2. The first-order valence-electron chi connectivity index (χ1n) is 6.47. The van der Waals surface area contributed by atoms with E-state index < -0.39 is 23.5 Å². The molecule has 0 bridgehead atoms. The van der Waals surface area contributed by atoms with Crippen molar-refractivity contribution in [2.45, 2.75) is 6.18 Å². The first kappa shape index (κ1) is 15.0. The SMILES string of the molecule is O=C(Nc1nc2ccc(F)cc2[nH]1)c1cccc(C(F)(F)F)c1. The van der Waals surface area contributed by atoms with Crippen LogP contribution in [0.25, 0.3) is 11.0 Å². The number of nitrogens with one attached hydrogen (secondary N) is 2. The monoisotopic (exact) mass is 323 g/mol. The van der Waals surface area contributed by atoms with Crippen molar-refractivity contribution < 1.29 is 22.4 Å². The zero-order chi connectivity index (χ0) is 16.6. The Balaban J connectivity index is 1.85. The molecule has 1 amide bonds. The van der Waals surface area contributed by atoms with Crippen LogP contribution in [-0.2, 0) is 6.18 Å². The molecule has 0 aliphatic heterocycles. The minimum atomic E-state index is -4.53. The Hall–Kier alpha value is -2.90. The highest BCUT2D eigenvalue weighted by atomic mass is 19.4. The van der Waals surface area contributed by atoms with Crippen molar-refractivity contribution in [3.8, 4) is 0 Å². The van der Waals surface area contributed by atoms with E-state index in [1.54, 1.807) is 0 Å². The summed E-state index contributed by atoms with van der Waals surface area (Å²) in [6.45, 7) is 0. The van der Waals surface area contributed by atoms with E-state index in [9.17, 15) is 22.4 Å². The average Bonchev–Trinajstić information content (AvgIpc) is 2.87. The fourth-order valence-corrected chi connectivity index (χ4v) is 2.06. The van der Waals surface area contributed by atoms with Gasteiger partial charge in [0.2, 0.25) is 5.95 Å². The third-order valence-electron chi connectivity index (χ3n) is 3.13. The molecule has 0 fully saturated rings. The van der Waals surface area contributed by atoms with Gasteiger partial charge >= 0.3 is 6.18 Å². The van der Waals surface area contributed by atoms with Crippen LogP contribution >= 0.6 is 0 Å². The summed E-state index contributed by atoms with van der Waals surface area (Å²) in [7, 11) is 0. The Morgan fingerprint density at radius 3 is 2.65 bits per heavy atom. The predicted octanol–water partition coefficient (Wildman–Crippen LogP) is 3.97. The van der Waals surface area contributed by atoms with E-state index in [0.29, 0.717) is 11.0 Å². The van der Waals surface area contributed by atoms with Crippen molar-refractivity contribution in [1.29, 1.82) is 0 Å². The molecular weight excluding hydrogens is 314 g/mol. The lowest BCUT2D eigenvalue weighted by atomic mass is 10.1. The van der Waals surface area contributed by atoms with Gasteiger partial charge in [0, 0.05) is 5.56 Å². The molecule has 2 N–H and O–H groups in total. The Morgan fingerprint density at radius 2 is 1.91 bits per heavy atom. The molecule has 0 spiro atoms. The van der Waals surface area contributed by atoms with Gasteiger partial charge in [-0.05, 0) is 36.4 Å². The first-order chi connectivity index (χ1) is 10.8. The molecule has 2 aromatic carbocycles. The maximum absolute atomic E-state index is 13.1. The van der Waals surface area contributed by atoms with E-state index in [1.165, 1.54) is 24.3 Å². The van der Waals surface area contributed by atoms with Gasteiger partial charge in [0.1, 0.15) is 5.82 Å². The highest BCUT2D eigenvalue weighted by Gasteiger charge is 2.30. The van der Waals surface area contributed by atoms with Crippen LogP contribution in [0.15, 0.2) is 42.5 Å². The van der Waals surface area contributed by atoms with Crippen LogP contribution in [-0.4, -0.2) is 15.9 Å². The largest absolute Gasteiger partial charge is 0.416 e. The second kappa shape index (κ2) is 5.38. The fourth-order valence-electron chi connectivity index (χ4n) is 2.06. The number of hydrogen-bond acceptors (Lipinski definition) is 2. The van der Waals surface area contributed by atoms with Crippen molar-refractivity contribution in [2.75, 3.05) is 5.32 Å². The third-order valence-corrected chi connectivity index (χ3v) is 3.13. The number of H-pyrrole nitrogens is 1. The lowest BCUT2D eigenvalue weighted by molar-refractivity contribution is -0.137. The van der Waals surface area contributed by atoms with Gasteiger partial charge in [0.25, 0.3) is 5.91 Å². The van der Waals surface area contributed by atoms with E-state index in [4.69, 9.17) is 0 Å². The van der Waals surface area contributed by atoms with E-state index in [0.717, 1.165) is 18.2 Å². The summed E-state index contributed by atoms with van der Waals surface area (Å²) in [5.74, 6) is -1.21. The molecule has 0 unspecified atom stereocenters. The van der Waals surface area contributed by atoms with Crippen LogP contribution in [0.5, 0.6) is 0 Å². The quantitative estimate of drug-likeness (QED) is 0.701. The molecule has 8 heteroatoms. The van der Waals surface area contributed by atoms with E-state index in [1.807, 2.05) is 0 Å². The van der Waals surface area contributed by atoms with Gasteiger partial charge in [-0.25, -0.2) is 9.37 Å². The van der Waals surface area contributed by atoms with Crippen LogP contribution < -0.4 is 5.32 Å². The number of aromatic amines is 1. The maximum atomic E-state index is 13.1. The Kier molecular flexibility index (Phi) is 3.51. The van der Waals surface area contributed by atoms with Crippen molar-refractivity contribution in [2.24, 2.45) is 0 Å². The zero-order valence-electron chi connectivity index (χ0n) is 11.4. The van der Waals surface area contributed by atoms with Crippen molar-refractivity contribution in [3.63, 3.8) is 0 Å². The smallest absolute Gasteiger partial charge is 0.324 e. The van der Waals surface area contributed by atoms with Crippen molar-refractivity contribution in [3.05, 3.63) is 59.4 Å². The highest BCUT2D eigenvalue weighted by molar-refractivity contribution is 6.04. The lowest BCUT2D eigenvalue weighted by Crippen LogP contribution is -2.14.